The number of esters is 1. The molecule has 0 aliphatic carbocycles. The van der Waals surface area contributed by atoms with E-state index in [0.29, 0.717) is 35.8 Å². The van der Waals surface area contributed by atoms with Crippen LogP contribution in [0.1, 0.15) is 48.3 Å². The van der Waals surface area contributed by atoms with Crippen molar-refractivity contribution in [2.75, 3.05) is 20.3 Å². The highest BCUT2D eigenvalue weighted by Gasteiger charge is 2.18. The van der Waals surface area contributed by atoms with E-state index >= 15 is 0 Å². The van der Waals surface area contributed by atoms with Crippen molar-refractivity contribution in [3.8, 4) is 11.5 Å². The monoisotopic (exact) mass is 421 g/mol. The summed E-state index contributed by atoms with van der Waals surface area (Å²) in [5.41, 5.74) is 1.70. The molecule has 8 heteroatoms. The number of ether oxygens (including phenoxy) is 3. The molecule has 7 nitrogen and oxygen atoms in total. The van der Waals surface area contributed by atoms with Crippen LogP contribution in [0.5, 0.6) is 11.5 Å². The van der Waals surface area contributed by atoms with Gasteiger partial charge in [-0.3, -0.25) is 0 Å². The lowest BCUT2D eigenvalue weighted by molar-refractivity contribution is 0.0600. The van der Waals surface area contributed by atoms with Gasteiger partial charge in [-0.15, -0.1) is 0 Å². The molecule has 2 aromatic carbocycles. The predicted molar refractivity (Wildman–Crippen MR) is 111 cm³/mol. The van der Waals surface area contributed by atoms with Crippen molar-refractivity contribution < 1.29 is 27.4 Å². The van der Waals surface area contributed by atoms with Gasteiger partial charge in [-0.2, -0.15) is 0 Å². The molecule has 0 saturated carbocycles. The normalized spacial score (nSPS) is 12.3. The van der Waals surface area contributed by atoms with Crippen LogP contribution in [-0.4, -0.2) is 34.7 Å². The molecular formula is C21H27NO6S. The number of nitrogens with one attached hydrogen (secondary N) is 1. The van der Waals surface area contributed by atoms with Crippen molar-refractivity contribution in [2.45, 2.75) is 32.6 Å². The summed E-state index contributed by atoms with van der Waals surface area (Å²) in [4.78, 5) is 11.5. The van der Waals surface area contributed by atoms with Crippen molar-refractivity contribution in [3.05, 3.63) is 59.2 Å². The van der Waals surface area contributed by atoms with Crippen LogP contribution in [-0.2, 0) is 20.5 Å². The molecule has 1 atom stereocenters. The van der Waals surface area contributed by atoms with Crippen LogP contribution >= 0.6 is 0 Å². The third-order valence-electron chi connectivity index (χ3n) is 4.16. The number of hydrogen-bond acceptors (Lipinski definition) is 6. The van der Waals surface area contributed by atoms with Gasteiger partial charge in [-0.1, -0.05) is 18.2 Å². The quantitative estimate of drug-likeness (QED) is 0.591. The number of methoxy groups -OCH3 is 1. The topological polar surface area (TPSA) is 90.9 Å². The van der Waals surface area contributed by atoms with Gasteiger partial charge < -0.3 is 14.2 Å². The summed E-state index contributed by atoms with van der Waals surface area (Å²) in [7, 11) is -2.31. The summed E-state index contributed by atoms with van der Waals surface area (Å²) >= 11 is 0. The first kappa shape index (κ1) is 22.7. The second kappa shape index (κ2) is 10.3. The molecule has 0 bridgehead atoms. The first-order valence-electron chi connectivity index (χ1n) is 9.36. The molecule has 29 heavy (non-hydrogen) atoms. The number of carbonyl (C=O) groups is 1. The zero-order valence-corrected chi connectivity index (χ0v) is 17.9. The summed E-state index contributed by atoms with van der Waals surface area (Å²) in [6, 6.07) is 11.2. The van der Waals surface area contributed by atoms with Crippen LogP contribution in [0, 0.1) is 0 Å². The van der Waals surface area contributed by atoms with Crippen LogP contribution in [0.25, 0.3) is 0 Å². The average molecular weight is 422 g/mol. The highest BCUT2D eigenvalue weighted by molar-refractivity contribution is 7.88. The van der Waals surface area contributed by atoms with Crippen LogP contribution in [0.4, 0.5) is 0 Å². The van der Waals surface area contributed by atoms with Gasteiger partial charge >= 0.3 is 5.97 Å². The second-order valence-corrected chi connectivity index (χ2v) is 8.11. The molecule has 0 aliphatic rings. The molecule has 0 spiro atoms. The lowest BCUT2D eigenvalue weighted by Crippen LogP contribution is -2.28. The lowest BCUT2D eigenvalue weighted by atomic mass is 10.1. The molecule has 0 fully saturated rings. The van der Waals surface area contributed by atoms with Gasteiger partial charge in [-0.05, 0) is 56.2 Å². The van der Waals surface area contributed by atoms with E-state index in [-0.39, 0.29) is 5.75 Å². The smallest absolute Gasteiger partial charge is 0.337 e. The minimum Gasteiger partial charge on any atom is -0.490 e. The van der Waals surface area contributed by atoms with E-state index in [2.05, 4.69) is 9.46 Å². The number of hydrogen-bond donors (Lipinski definition) is 1. The molecule has 0 radical (unpaired) electrons. The van der Waals surface area contributed by atoms with Crippen LogP contribution in [0.15, 0.2) is 42.5 Å². The van der Waals surface area contributed by atoms with E-state index in [1.165, 1.54) is 7.11 Å². The highest BCUT2D eigenvalue weighted by Crippen LogP contribution is 2.31. The van der Waals surface area contributed by atoms with Crippen LogP contribution in [0.3, 0.4) is 0 Å². The Morgan fingerprint density at radius 2 is 1.62 bits per heavy atom. The average Bonchev–Trinajstić information content (AvgIpc) is 2.69. The fraction of sp³-hybridized carbons (Fsp3) is 0.381. The van der Waals surface area contributed by atoms with Crippen molar-refractivity contribution in [1.29, 1.82) is 0 Å². The number of benzene rings is 2. The summed E-state index contributed by atoms with van der Waals surface area (Å²) < 4.78 is 43.6. The largest absolute Gasteiger partial charge is 0.490 e. The Morgan fingerprint density at radius 3 is 2.21 bits per heavy atom. The van der Waals surface area contributed by atoms with E-state index in [4.69, 9.17) is 9.47 Å². The standard InChI is InChI=1S/C21H27NO6S/c1-5-27-19-12-11-18(13-20(19)28-6-2)15(3)22-29(24,25)14-16-7-9-17(10-8-16)21(23)26-4/h7-13,15,22H,5-6,14H2,1-4H3. The maximum atomic E-state index is 12.6. The minimum atomic E-state index is -3.60. The van der Waals surface area contributed by atoms with Gasteiger partial charge in [0, 0.05) is 6.04 Å². The highest BCUT2D eigenvalue weighted by atomic mass is 32.2. The van der Waals surface area contributed by atoms with Crippen molar-refractivity contribution in [2.24, 2.45) is 0 Å². The fourth-order valence-electron chi connectivity index (χ4n) is 2.79. The molecule has 0 saturated heterocycles. The maximum Gasteiger partial charge on any atom is 0.337 e. The Labute approximate surface area is 172 Å². The summed E-state index contributed by atoms with van der Waals surface area (Å²) in [6.45, 7) is 6.52. The van der Waals surface area contributed by atoms with E-state index in [1.807, 2.05) is 19.9 Å². The predicted octanol–water partition coefficient (Wildman–Crippen LogP) is 3.45. The van der Waals surface area contributed by atoms with Gasteiger partial charge in [0.25, 0.3) is 0 Å². The molecule has 1 unspecified atom stereocenters. The lowest BCUT2D eigenvalue weighted by Gasteiger charge is -2.17. The van der Waals surface area contributed by atoms with Gasteiger partial charge in [0.05, 0.1) is 31.6 Å². The molecule has 0 aliphatic heterocycles. The molecule has 0 heterocycles. The first-order valence-corrected chi connectivity index (χ1v) is 11.0. The molecule has 158 valence electrons. The first-order chi connectivity index (χ1) is 13.8. The van der Waals surface area contributed by atoms with Gasteiger partial charge in [0.15, 0.2) is 11.5 Å². The fourth-order valence-corrected chi connectivity index (χ4v) is 4.18. The van der Waals surface area contributed by atoms with Crippen molar-refractivity contribution >= 4 is 16.0 Å². The summed E-state index contributed by atoms with van der Waals surface area (Å²) in [5, 5.41) is 0. The number of rotatable bonds is 10. The Balaban J connectivity index is 2.11. The van der Waals surface area contributed by atoms with E-state index in [0.717, 1.165) is 5.56 Å². The van der Waals surface area contributed by atoms with Gasteiger partial charge in [0.2, 0.25) is 10.0 Å². The molecule has 0 aromatic heterocycles. The van der Waals surface area contributed by atoms with E-state index in [1.54, 1.807) is 43.3 Å². The molecule has 1 N–H and O–H groups in total. The molecular weight excluding hydrogens is 394 g/mol. The summed E-state index contributed by atoms with van der Waals surface area (Å²) in [6.07, 6.45) is 0. The Bertz CT molecular complexity index is 925. The number of carbonyl (C=O) groups excluding carboxylic acids is 1. The number of sulfonamides is 1. The minimum absolute atomic E-state index is 0.200. The van der Waals surface area contributed by atoms with E-state index < -0.39 is 22.0 Å². The molecule has 2 rings (SSSR count). The summed E-state index contributed by atoms with van der Waals surface area (Å²) in [5.74, 6) is 0.538. The zero-order chi connectivity index (χ0) is 21.4. The second-order valence-electron chi connectivity index (χ2n) is 6.36. The van der Waals surface area contributed by atoms with Crippen LogP contribution in [0.2, 0.25) is 0 Å². The van der Waals surface area contributed by atoms with Gasteiger partial charge in [0.1, 0.15) is 0 Å². The van der Waals surface area contributed by atoms with Crippen molar-refractivity contribution in [3.63, 3.8) is 0 Å². The SMILES string of the molecule is CCOc1ccc(C(C)NS(=O)(=O)Cc2ccc(C(=O)OC)cc2)cc1OCC. The van der Waals surface area contributed by atoms with E-state index in [9.17, 15) is 13.2 Å². The van der Waals surface area contributed by atoms with Gasteiger partial charge in [-0.25, -0.2) is 17.9 Å². The molecule has 2 aromatic rings. The third-order valence-corrected chi connectivity index (χ3v) is 5.58. The Hall–Kier alpha value is -2.58. The maximum absolute atomic E-state index is 12.6. The molecule has 0 amide bonds. The Kier molecular flexibility index (Phi) is 8.04. The van der Waals surface area contributed by atoms with Crippen LogP contribution < -0.4 is 14.2 Å². The third kappa shape index (κ3) is 6.47. The zero-order valence-electron chi connectivity index (χ0n) is 17.1. The van der Waals surface area contributed by atoms with Crippen molar-refractivity contribution in [1.82, 2.24) is 4.72 Å². The Morgan fingerprint density at radius 1 is 1.00 bits per heavy atom.